The number of nitrogens with zero attached hydrogens (tertiary/aromatic N) is 2. The Morgan fingerprint density at radius 3 is 2.29 bits per heavy atom. The number of hydrogen-bond acceptors (Lipinski definition) is 6. The summed E-state index contributed by atoms with van der Waals surface area (Å²) in [5.41, 5.74) is 2.11. The highest BCUT2D eigenvalue weighted by Gasteiger charge is 2.48. The van der Waals surface area contributed by atoms with Crippen LogP contribution in [-0.2, 0) is 9.59 Å². The van der Waals surface area contributed by atoms with Crippen LogP contribution in [0.2, 0.25) is 5.02 Å². The van der Waals surface area contributed by atoms with Gasteiger partial charge in [0, 0.05) is 18.0 Å². The van der Waals surface area contributed by atoms with Gasteiger partial charge in [0.15, 0.2) is 0 Å². The van der Waals surface area contributed by atoms with Gasteiger partial charge in [-0.3, -0.25) is 19.5 Å². The summed E-state index contributed by atoms with van der Waals surface area (Å²) in [6, 6.07) is 14.6. The molecule has 1 aromatic heterocycles. The molecule has 1 atom stereocenters. The molecule has 2 heterocycles. The van der Waals surface area contributed by atoms with Crippen molar-refractivity contribution in [1.29, 1.82) is 0 Å². The SMILES string of the molecule is COc1cc(/C(O)=C2\C(=O)C(=O)N(c3ccc(C(C)C)cc3)C2c2ccccn2)c(OC)cc1Cl. The van der Waals surface area contributed by atoms with Crippen molar-refractivity contribution >= 4 is 34.7 Å². The molecule has 7 nitrogen and oxygen atoms in total. The minimum absolute atomic E-state index is 0.107. The minimum atomic E-state index is -0.951. The number of benzene rings is 2. The van der Waals surface area contributed by atoms with E-state index in [0.717, 1.165) is 5.56 Å². The average molecular weight is 493 g/mol. The molecule has 1 fully saturated rings. The van der Waals surface area contributed by atoms with E-state index in [-0.39, 0.29) is 27.7 Å². The molecule has 0 spiro atoms. The van der Waals surface area contributed by atoms with Crippen LogP contribution in [0.3, 0.4) is 0 Å². The molecule has 0 bridgehead atoms. The van der Waals surface area contributed by atoms with Crippen LogP contribution in [0.25, 0.3) is 5.76 Å². The van der Waals surface area contributed by atoms with E-state index >= 15 is 0 Å². The van der Waals surface area contributed by atoms with E-state index in [2.05, 4.69) is 18.8 Å². The first kappa shape index (κ1) is 24.3. The lowest BCUT2D eigenvalue weighted by Crippen LogP contribution is -2.29. The first-order valence-electron chi connectivity index (χ1n) is 11.0. The third-order valence-corrected chi connectivity index (χ3v) is 6.27. The molecular weight excluding hydrogens is 468 g/mol. The van der Waals surface area contributed by atoms with Gasteiger partial charge in [-0.2, -0.15) is 0 Å². The van der Waals surface area contributed by atoms with Crippen molar-refractivity contribution in [3.05, 3.63) is 88.2 Å². The second kappa shape index (κ2) is 9.80. The van der Waals surface area contributed by atoms with E-state index in [1.165, 1.54) is 31.3 Å². The molecule has 3 aromatic rings. The molecule has 35 heavy (non-hydrogen) atoms. The van der Waals surface area contributed by atoms with Crippen LogP contribution < -0.4 is 14.4 Å². The molecule has 4 rings (SSSR count). The Kier molecular flexibility index (Phi) is 6.80. The van der Waals surface area contributed by atoms with E-state index < -0.39 is 23.5 Å². The number of ether oxygens (including phenoxy) is 2. The van der Waals surface area contributed by atoms with Crippen LogP contribution in [0.4, 0.5) is 5.69 Å². The molecule has 0 saturated carbocycles. The number of ketones is 1. The number of hydrogen-bond donors (Lipinski definition) is 1. The van der Waals surface area contributed by atoms with Crippen molar-refractivity contribution in [3.8, 4) is 11.5 Å². The summed E-state index contributed by atoms with van der Waals surface area (Å²) in [6.07, 6.45) is 1.57. The standard InChI is InChI=1S/C27H25ClN2O5/c1-15(2)16-8-10-17(11-9-16)30-24(20-7-5-6-12-29-20)23(26(32)27(30)33)25(31)18-13-22(35-4)19(28)14-21(18)34-3/h5-15,24,31H,1-4H3/b25-23+. The Morgan fingerprint density at radius 2 is 1.71 bits per heavy atom. The van der Waals surface area contributed by atoms with Gasteiger partial charge in [0.1, 0.15) is 23.3 Å². The van der Waals surface area contributed by atoms with E-state index in [0.29, 0.717) is 17.3 Å². The molecule has 2 aromatic carbocycles. The predicted octanol–water partition coefficient (Wildman–Crippen LogP) is 5.50. The number of aromatic nitrogens is 1. The molecule has 8 heteroatoms. The summed E-state index contributed by atoms with van der Waals surface area (Å²) >= 11 is 6.22. The van der Waals surface area contributed by atoms with E-state index in [1.807, 2.05) is 12.1 Å². The maximum absolute atomic E-state index is 13.3. The predicted molar refractivity (Wildman–Crippen MR) is 134 cm³/mol. The van der Waals surface area contributed by atoms with Gasteiger partial charge in [0.2, 0.25) is 0 Å². The Morgan fingerprint density at radius 1 is 1.03 bits per heavy atom. The number of methoxy groups -OCH3 is 2. The maximum Gasteiger partial charge on any atom is 0.300 e. The highest BCUT2D eigenvalue weighted by molar-refractivity contribution is 6.51. The summed E-state index contributed by atoms with van der Waals surface area (Å²) < 4.78 is 10.7. The van der Waals surface area contributed by atoms with Crippen molar-refractivity contribution < 1.29 is 24.2 Å². The summed E-state index contributed by atoms with van der Waals surface area (Å²) in [5.74, 6) is -1.20. The molecule has 180 valence electrons. The van der Waals surface area contributed by atoms with Gasteiger partial charge in [0.25, 0.3) is 11.7 Å². The fraction of sp³-hybridized carbons (Fsp3) is 0.222. The first-order chi connectivity index (χ1) is 16.8. The Hall–Kier alpha value is -3.84. The van der Waals surface area contributed by atoms with Crippen LogP contribution in [-0.4, -0.2) is 36.0 Å². The van der Waals surface area contributed by atoms with Crippen LogP contribution in [0, 0.1) is 0 Å². The van der Waals surface area contributed by atoms with Crippen molar-refractivity contribution in [2.24, 2.45) is 0 Å². The van der Waals surface area contributed by atoms with E-state index in [1.54, 1.807) is 36.5 Å². The number of anilines is 1. The van der Waals surface area contributed by atoms with Gasteiger partial charge in [-0.25, -0.2) is 0 Å². The lowest BCUT2D eigenvalue weighted by atomic mass is 9.97. The first-order valence-corrected chi connectivity index (χ1v) is 11.4. The number of rotatable bonds is 6. The Bertz CT molecular complexity index is 1300. The fourth-order valence-corrected chi connectivity index (χ4v) is 4.36. The third kappa shape index (κ3) is 4.35. The molecule has 0 radical (unpaired) electrons. The van der Waals surface area contributed by atoms with E-state index in [9.17, 15) is 14.7 Å². The molecule has 0 aliphatic carbocycles. The zero-order chi connectivity index (χ0) is 25.3. The number of aliphatic hydroxyl groups is 1. The molecule has 1 amide bonds. The molecular formula is C27H25ClN2O5. The molecule has 1 N–H and O–H groups in total. The van der Waals surface area contributed by atoms with Crippen LogP contribution in [0.5, 0.6) is 11.5 Å². The summed E-state index contributed by atoms with van der Waals surface area (Å²) in [7, 11) is 2.85. The van der Waals surface area contributed by atoms with Crippen LogP contribution in [0.1, 0.15) is 42.6 Å². The van der Waals surface area contributed by atoms with Gasteiger partial charge in [-0.15, -0.1) is 0 Å². The van der Waals surface area contributed by atoms with Gasteiger partial charge in [-0.1, -0.05) is 43.6 Å². The average Bonchev–Trinajstić information content (AvgIpc) is 3.14. The summed E-state index contributed by atoms with van der Waals surface area (Å²) in [5, 5.41) is 11.7. The van der Waals surface area contributed by atoms with Crippen molar-refractivity contribution in [3.63, 3.8) is 0 Å². The Labute approximate surface area is 208 Å². The lowest BCUT2D eigenvalue weighted by Gasteiger charge is -2.25. The molecule has 1 aliphatic rings. The molecule has 1 saturated heterocycles. The highest BCUT2D eigenvalue weighted by atomic mass is 35.5. The largest absolute Gasteiger partial charge is 0.507 e. The number of pyridine rings is 1. The van der Waals surface area contributed by atoms with Gasteiger partial charge < -0.3 is 14.6 Å². The fourth-order valence-electron chi connectivity index (χ4n) is 4.13. The molecule has 1 aliphatic heterocycles. The van der Waals surface area contributed by atoms with Gasteiger partial charge >= 0.3 is 0 Å². The topological polar surface area (TPSA) is 89.0 Å². The van der Waals surface area contributed by atoms with Crippen LogP contribution in [0.15, 0.2) is 66.4 Å². The van der Waals surface area contributed by atoms with Gasteiger partial charge in [-0.05, 0) is 41.8 Å². The van der Waals surface area contributed by atoms with Gasteiger partial charge in [0.05, 0.1) is 36.1 Å². The third-order valence-electron chi connectivity index (χ3n) is 5.98. The summed E-state index contributed by atoms with van der Waals surface area (Å²) in [4.78, 5) is 32.4. The van der Waals surface area contributed by atoms with Crippen LogP contribution >= 0.6 is 11.6 Å². The Balaban J connectivity index is 1.95. The second-order valence-corrected chi connectivity index (χ2v) is 8.76. The highest BCUT2D eigenvalue weighted by Crippen LogP contribution is 2.44. The normalized spacial score (nSPS) is 17.2. The maximum atomic E-state index is 13.3. The second-order valence-electron chi connectivity index (χ2n) is 8.36. The smallest absolute Gasteiger partial charge is 0.300 e. The minimum Gasteiger partial charge on any atom is -0.507 e. The quantitative estimate of drug-likeness (QED) is 0.277. The monoisotopic (exact) mass is 492 g/mol. The number of aliphatic hydroxyl groups excluding tert-OH is 1. The number of Topliss-reactive ketones (excluding diaryl/α,β-unsaturated/α-hetero) is 1. The zero-order valence-electron chi connectivity index (χ0n) is 19.8. The van der Waals surface area contributed by atoms with Crippen molar-refractivity contribution in [2.45, 2.75) is 25.8 Å². The number of halogens is 1. The summed E-state index contributed by atoms with van der Waals surface area (Å²) in [6.45, 7) is 4.14. The van der Waals surface area contributed by atoms with Crippen molar-refractivity contribution in [1.82, 2.24) is 4.98 Å². The zero-order valence-corrected chi connectivity index (χ0v) is 20.5. The molecule has 1 unspecified atom stereocenters. The number of carbonyl (C=O) groups excluding carboxylic acids is 2. The van der Waals surface area contributed by atoms with E-state index in [4.69, 9.17) is 21.1 Å². The lowest BCUT2D eigenvalue weighted by molar-refractivity contribution is -0.132. The number of carbonyl (C=O) groups is 2. The van der Waals surface area contributed by atoms with Crippen molar-refractivity contribution in [2.75, 3.05) is 19.1 Å². The number of amides is 1.